The highest BCUT2D eigenvalue weighted by Gasteiger charge is 2.24. The van der Waals surface area contributed by atoms with Gasteiger partial charge < -0.3 is 15.7 Å². The lowest BCUT2D eigenvalue weighted by Crippen LogP contribution is -2.53. The number of nitrogens with one attached hydrogen (secondary N) is 4. The molecule has 8 heteroatoms. The van der Waals surface area contributed by atoms with Crippen LogP contribution in [0.2, 0.25) is 0 Å². The number of hydrazine groups is 1. The minimum atomic E-state index is -1.23. The molecule has 1 fully saturated rings. The molecule has 21 heavy (non-hydrogen) atoms. The van der Waals surface area contributed by atoms with Gasteiger partial charge in [0, 0.05) is 13.1 Å². The van der Waals surface area contributed by atoms with Gasteiger partial charge in [-0.1, -0.05) is 13.8 Å². The highest BCUT2D eigenvalue weighted by atomic mass is 16.4. The van der Waals surface area contributed by atoms with Crippen molar-refractivity contribution in [3.05, 3.63) is 0 Å². The van der Waals surface area contributed by atoms with E-state index < -0.39 is 18.0 Å². The summed E-state index contributed by atoms with van der Waals surface area (Å²) in [6.45, 7) is 4.84. The van der Waals surface area contributed by atoms with E-state index in [-0.39, 0.29) is 17.7 Å². The number of carbonyl (C=O) groups is 3. The van der Waals surface area contributed by atoms with E-state index in [0.29, 0.717) is 19.5 Å². The quantitative estimate of drug-likeness (QED) is 0.418. The maximum absolute atomic E-state index is 11.9. The maximum Gasteiger partial charge on any atom is 0.405 e. The zero-order valence-electron chi connectivity index (χ0n) is 12.4. The van der Waals surface area contributed by atoms with E-state index >= 15 is 0 Å². The summed E-state index contributed by atoms with van der Waals surface area (Å²) in [7, 11) is 0. The van der Waals surface area contributed by atoms with Crippen molar-refractivity contribution >= 4 is 17.9 Å². The van der Waals surface area contributed by atoms with Crippen molar-refractivity contribution in [3.63, 3.8) is 0 Å². The average Bonchev–Trinajstić information content (AvgIpc) is 2.39. The Kier molecular flexibility index (Phi) is 6.93. The van der Waals surface area contributed by atoms with E-state index in [1.165, 1.54) is 0 Å². The summed E-state index contributed by atoms with van der Waals surface area (Å²) in [5, 5.41) is 13.7. The van der Waals surface area contributed by atoms with Crippen LogP contribution in [0.15, 0.2) is 0 Å². The Morgan fingerprint density at radius 1 is 1.43 bits per heavy atom. The summed E-state index contributed by atoms with van der Waals surface area (Å²) in [6.07, 6.45) is 0.867. The van der Waals surface area contributed by atoms with Crippen LogP contribution in [0.25, 0.3) is 0 Å². The Morgan fingerprint density at radius 3 is 2.71 bits per heavy atom. The van der Waals surface area contributed by atoms with Crippen molar-refractivity contribution in [1.82, 2.24) is 21.5 Å². The van der Waals surface area contributed by atoms with Crippen LogP contribution in [-0.4, -0.2) is 42.1 Å². The molecule has 1 unspecified atom stereocenters. The van der Waals surface area contributed by atoms with E-state index in [4.69, 9.17) is 5.11 Å². The largest absolute Gasteiger partial charge is 0.465 e. The third kappa shape index (κ3) is 6.44. The molecule has 1 aliphatic heterocycles. The minimum absolute atomic E-state index is 0.0228. The lowest BCUT2D eigenvalue weighted by molar-refractivity contribution is -0.128. The topological polar surface area (TPSA) is 120 Å². The second-order valence-corrected chi connectivity index (χ2v) is 5.63. The van der Waals surface area contributed by atoms with Gasteiger partial charge in [0.25, 0.3) is 5.91 Å². The molecule has 2 atom stereocenters. The van der Waals surface area contributed by atoms with Gasteiger partial charge >= 0.3 is 6.09 Å². The molecular formula is C13H24N4O4. The van der Waals surface area contributed by atoms with E-state index in [9.17, 15) is 14.4 Å². The molecule has 0 bridgehead atoms. The zero-order chi connectivity index (χ0) is 15.8. The van der Waals surface area contributed by atoms with Crippen LogP contribution in [0, 0.1) is 11.8 Å². The Morgan fingerprint density at radius 2 is 2.14 bits per heavy atom. The van der Waals surface area contributed by atoms with Crippen LogP contribution < -0.4 is 21.5 Å². The SMILES string of the molecule is CC(C)C[C@H](NC(=O)O)C(=O)NNCC1CCCNC1=O. The van der Waals surface area contributed by atoms with Crippen molar-refractivity contribution in [2.45, 2.75) is 39.2 Å². The second-order valence-electron chi connectivity index (χ2n) is 5.63. The molecule has 0 aromatic rings. The molecule has 1 rings (SSSR count). The monoisotopic (exact) mass is 300 g/mol. The normalized spacial score (nSPS) is 19.8. The number of piperidine rings is 1. The van der Waals surface area contributed by atoms with Gasteiger partial charge in [0.2, 0.25) is 5.91 Å². The van der Waals surface area contributed by atoms with Gasteiger partial charge in [0.15, 0.2) is 0 Å². The van der Waals surface area contributed by atoms with Gasteiger partial charge in [0.1, 0.15) is 6.04 Å². The van der Waals surface area contributed by atoms with Crippen molar-refractivity contribution in [3.8, 4) is 0 Å². The van der Waals surface area contributed by atoms with Crippen LogP contribution in [0.3, 0.4) is 0 Å². The van der Waals surface area contributed by atoms with Crippen molar-refractivity contribution in [1.29, 1.82) is 0 Å². The smallest absolute Gasteiger partial charge is 0.405 e. The Hall–Kier alpha value is -1.83. The number of carboxylic acid groups (broad SMARTS) is 1. The molecule has 3 amide bonds. The summed E-state index contributed by atoms with van der Waals surface area (Å²) in [5.41, 5.74) is 5.19. The third-order valence-electron chi connectivity index (χ3n) is 3.28. The fraction of sp³-hybridized carbons (Fsp3) is 0.769. The molecule has 0 radical (unpaired) electrons. The Bertz CT molecular complexity index is 386. The number of amides is 3. The van der Waals surface area contributed by atoms with Gasteiger partial charge in [-0.2, -0.15) is 0 Å². The first-order valence-electron chi connectivity index (χ1n) is 7.20. The highest BCUT2D eigenvalue weighted by Crippen LogP contribution is 2.09. The fourth-order valence-corrected chi connectivity index (χ4v) is 2.23. The summed E-state index contributed by atoms with van der Waals surface area (Å²) >= 11 is 0. The lowest BCUT2D eigenvalue weighted by atomic mass is 9.99. The molecule has 0 spiro atoms. The zero-order valence-corrected chi connectivity index (χ0v) is 12.4. The van der Waals surface area contributed by atoms with Crippen LogP contribution in [0.4, 0.5) is 4.79 Å². The van der Waals surface area contributed by atoms with Gasteiger partial charge in [-0.25, -0.2) is 10.2 Å². The van der Waals surface area contributed by atoms with E-state index in [1.807, 2.05) is 13.8 Å². The summed E-state index contributed by atoms with van der Waals surface area (Å²) in [5.74, 6) is -0.459. The van der Waals surface area contributed by atoms with Crippen LogP contribution in [0.5, 0.6) is 0 Å². The minimum Gasteiger partial charge on any atom is -0.465 e. The number of rotatable bonds is 7. The molecule has 120 valence electrons. The van der Waals surface area contributed by atoms with Gasteiger partial charge in [-0.15, -0.1) is 0 Å². The molecule has 0 aromatic carbocycles. The number of hydrogen-bond acceptors (Lipinski definition) is 4. The predicted octanol–water partition coefficient (Wildman–Crippen LogP) is -0.184. The first-order valence-corrected chi connectivity index (χ1v) is 7.20. The number of carbonyl (C=O) groups excluding carboxylic acids is 2. The summed E-state index contributed by atoms with van der Waals surface area (Å²) in [6, 6.07) is -0.810. The molecule has 8 nitrogen and oxygen atoms in total. The second kappa shape index (κ2) is 8.46. The van der Waals surface area contributed by atoms with Gasteiger partial charge in [0.05, 0.1) is 5.92 Å². The maximum atomic E-state index is 11.9. The van der Waals surface area contributed by atoms with Crippen LogP contribution in [0.1, 0.15) is 33.1 Å². The molecule has 0 aliphatic carbocycles. The lowest BCUT2D eigenvalue weighted by Gasteiger charge is -2.23. The van der Waals surface area contributed by atoms with Crippen molar-refractivity contribution in [2.24, 2.45) is 11.8 Å². The highest BCUT2D eigenvalue weighted by molar-refractivity contribution is 5.85. The van der Waals surface area contributed by atoms with E-state index in [2.05, 4.69) is 21.5 Å². The molecular weight excluding hydrogens is 276 g/mol. The molecule has 1 heterocycles. The first-order chi connectivity index (χ1) is 9.90. The Balaban J connectivity index is 2.38. The van der Waals surface area contributed by atoms with Gasteiger partial charge in [-0.3, -0.25) is 15.0 Å². The van der Waals surface area contributed by atoms with Crippen molar-refractivity contribution in [2.75, 3.05) is 13.1 Å². The first kappa shape index (κ1) is 17.2. The Labute approximate surface area is 124 Å². The van der Waals surface area contributed by atoms with E-state index in [0.717, 1.165) is 12.8 Å². The summed E-state index contributed by atoms with van der Waals surface area (Å²) < 4.78 is 0. The van der Waals surface area contributed by atoms with Gasteiger partial charge in [-0.05, 0) is 25.2 Å². The average molecular weight is 300 g/mol. The van der Waals surface area contributed by atoms with E-state index in [1.54, 1.807) is 0 Å². The molecule has 1 aliphatic rings. The predicted molar refractivity (Wildman–Crippen MR) is 76.3 cm³/mol. The molecule has 5 N–H and O–H groups in total. The number of hydrogen-bond donors (Lipinski definition) is 5. The molecule has 1 saturated heterocycles. The standard InChI is InChI=1S/C13H24N4O4/c1-8(2)6-10(16-13(20)21)12(19)17-15-7-9-4-3-5-14-11(9)18/h8-10,15-16H,3-7H2,1-2H3,(H,14,18)(H,17,19)(H,20,21)/t9?,10-/m0/s1. The summed E-state index contributed by atoms with van der Waals surface area (Å²) in [4.78, 5) is 34.2. The van der Waals surface area contributed by atoms with Crippen LogP contribution in [-0.2, 0) is 9.59 Å². The third-order valence-corrected chi connectivity index (χ3v) is 3.28. The van der Waals surface area contributed by atoms with Crippen LogP contribution >= 0.6 is 0 Å². The van der Waals surface area contributed by atoms with Crippen molar-refractivity contribution < 1.29 is 19.5 Å². The fourth-order valence-electron chi connectivity index (χ4n) is 2.23. The molecule has 0 aromatic heterocycles. The molecule has 0 saturated carbocycles.